The number of benzene rings is 1. The molecule has 1 aliphatic rings. The SMILES string of the molecule is CCOC(=O)C1=C(C)NC(CSCCN(C)C)=C(C(=O)OCC)C1c1cccc([N+](=O)[O-])c1. The van der Waals surface area contributed by atoms with E-state index in [2.05, 4.69) is 10.2 Å². The molecule has 0 aromatic heterocycles. The number of nitro groups is 1. The lowest BCUT2D eigenvalue weighted by molar-refractivity contribution is -0.384. The number of carbonyl (C=O) groups excluding carboxylic acids is 2. The number of hydrogen-bond donors (Lipinski definition) is 1. The topological polar surface area (TPSA) is 111 Å². The van der Waals surface area contributed by atoms with Crippen LogP contribution in [0.3, 0.4) is 0 Å². The summed E-state index contributed by atoms with van der Waals surface area (Å²) in [6, 6.07) is 5.98. The first kappa shape index (κ1) is 26.4. The Labute approximate surface area is 198 Å². The van der Waals surface area contributed by atoms with Crippen LogP contribution < -0.4 is 5.32 Å². The van der Waals surface area contributed by atoms with Crippen LogP contribution in [0.2, 0.25) is 0 Å². The number of esters is 2. The molecule has 1 aromatic carbocycles. The van der Waals surface area contributed by atoms with Crippen LogP contribution in [0.4, 0.5) is 5.69 Å². The van der Waals surface area contributed by atoms with Crippen LogP contribution in [0.1, 0.15) is 32.3 Å². The van der Waals surface area contributed by atoms with E-state index >= 15 is 0 Å². The molecule has 0 aliphatic carbocycles. The molecule has 1 atom stereocenters. The molecular weight excluding hydrogens is 446 g/mol. The number of carbonyl (C=O) groups is 2. The quantitative estimate of drug-likeness (QED) is 0.222. The van der Waals surface area contributed by atoms with Gasteiger partial charge in [-0.1, -0.05) is 12.1 Å². The lowest BCUT2D eigenvalue weighted by Crippen LogP contribution is -2.34. The molecule has 9 nitrogen and oxygen atoms in total. The third-order valence-electron chi connectivity index (χ3n) is 4.98. The minimum atomic E-state index is -0.853. The number of dihydropyridines is 1. The van der Waals surface area contributed by atoms with Gasteiger partial charge in [-0.2, -0.15) is 11.8 Å². The number of nitrogens with zero attached hydrogens (tertiary/aromatic N) is 2. The van der Waals surface area contributed by atoms with Crippen molar-refractivity contribution in [2.24, 2.45) is 0 Å². The van der Waals surface area contributed by atoms with Gasteiger partial charge in [0.2, 0.25) is 0 Å². The molecule has 1 heterocycles. The summed E-state index contributed by atoms with van der Waals surface area (Å²) in [4.78, 5) is 39.1. The number of allylic oxidation sites excluding steroid dienone is 1. The van der Waals surface area contributed by atoms with Crippen molar-refractivity contribution in [3.63, 3.8) is 0 Å². The van der Waals surface area contributed by atoms with Crippen molar-refractivity contribution in [3.8, 4) is 0 Å². The third kappa shape index (κ3) is 6.82. The van der Waals surface area contributed by atoms with Gasteiger partial charge in [-0.25, -0.2) is 9.59 Å². The van der Waals surface area contributed by atoms with E-state index in [1.807, 2.05) is 14.1 Å². The molecule has 1 aromatic rings. The Morgan fingerprint density at radius 2 is 1.79 bits per heavy atom. The maximum absolute atomic E-state index is 13.1. The molecule has 0 fully saturated rings. The van der Waals surface area contributed by atoms with Crippen LogP contribution in [-0.2, 0) is 19.1 Å². The van der Waals surface area contributed by atoms with Gasteiger partial charge in [0.05, 0.1) is 35.2 Å². The summed E-state index contributed by atoms with van der Waals surface area (Å²) in [7, 11) is 3.97. The van der Waals surface area contributed by atoms with Crippen LogP contribution in [0, 0.1) is 10.1 Å². The fourth-order valence-electron chi connectivity index (χ4n) is 3.51. The maximum Gasteiger partial charge on any atom is 0.336 e. The number of thioether (sulfide) groups is 1. The van der Waals surface area contributed by atoms with Crippen molar-refractivity contribution in [1.82, 2.24) is 10.2 Å². The number of nitro benzene ring substituents is 1. The fraction of sp³-hybridized carbons (Fsp3) is 0.478. The van der Waals surface area contributed by atoms with E-state index in [-0.39, 0.29) is 30.0 Å². The molecule has 10 heteroatoms. The molecule has 0 radical (unpaired) electrons. The minimum Gasteiger partial charge on any atom is -0.463 e. The van der Waals surface area contributed by atoms with E-state index in [0.29, 0.717) is 22.7 Å². The highest BCUT2D eigenvalue weighted by atomic mass is 32.2. The first-order valence-electron chi connectivity index (χ1n) is 10.7. The lowest BCUT2D eigenvalue weighted by Gasteiger charge is -2.31. The van der Waals surface area contributed by atoms with Gasteiger partial charge in [-0.15, -0.1) is 0 Å². The van der Waals surface area contributed by atoms with Gasteiger partial charge in [0.25, 0.3) is 5.69 Å². The average molecular weight is 478 g/mol. The Balaban J connectivity index is 2.63. The maximum atomic E-state index is 13.1. The van der Waals surface area contributed by atoms with Crippen molar-refractivity contribution in [1.29, 1.82) is 0 Å². The first-order valence-corrected chi connectivity index (χ1v) is 11.9. The van der Waals surface area contributed by atoms with Gasteiger partial charge >= 0.3 is 11.9 Å². The third-order valence-corrected chi connectivity index (χ3v) is 5.94. The van der Waals surface area contributed by atoms with E-state index in [9.17, 15) is 19.7 Å². The van der Waals surface area contributed by atoms with E-state index in [1.54, 1.807) is 44.7 Å². The standard InChI is InChI=1S/C23H31N3O6S/c1-6-31-22(27)19-15(3)24-18(14-33-12-11-25(4)5)21(23(28)32-7-2)20(19)16-9-8-10-17(13-16)26(29)30/h8-10,13,20,24H,6-7,11-12,14H2,1-5H3. The molecule has 0 saturated heterocycles. The predicted molar refractivity (Wildman–Crippen MR) is 128 cm³/mol. The van der Waals surface area contributed by atoms with Crippen molar-refractivity contribution in [2.75, 3.05) is 45.4 Å². The molecule has 1 N–H and O–H groups in total. The zero-order valence-corrected chi connectivity index (χ0v) is 20.5. The van der Waals surface area contributed by atoms with Crippen LogP contribution >= 0.6 is 11.8 Å². The van der Waals surface area contributed by atoms with Gasteiger partial charge < -0.3 is 19.7 Å². The highest BCUT2D eigenvalue weighted by Gasteiger charge is 2.39. The molecule has 180 valence electrons. The normalized spacial score (nSPS) is 16.0. The zero-order valence-electron chi connectivity index (χ0n) is 19.7. The molecule has 2 rings (SSSR count). The van der Waals surface area contributed by atoms with Gasteiger partial charge in [0.1, 0.15) is 0 Å². The molecule has 0 spiro atoms. The molecule has 1 aliphatic heterocycles. The molecule has 0 saturated carbocycles. The Kier molecular flexibility index (Phi) is 9.93. The van der Waals surface area contributed by atoms with Crippen molar-refractivity contribution in [2.45, 2.75) is 26.7 Å². The number of non-ortho nitro benzene ring substituents is 1. The summed E-state index contributed by atoms with van der Waals surface area (Å²) in [6.45, 7) is 6.32. The van der Waals surface area contributed by atoms with Gasteiger partial charge in [0.15, 0.2) is 0 Å². The number of hydrogen-bond acceptors (Lipinski definition) is 9. The van der Waals surface area contributed by atoms with Crippen LogP contribution in [-0.4, -0.2) is 67.1 Å². The molecule has 33 heavy (non-hydrogen) atoms. The van der Waals surface area contributed by atoms with E-state index in [4.69, 9.17) is 9.47 Å². The Hall–Kier alpha value is -2.85. The second-order valence-electron chi connectivity index (χ2n) is 7.64. The van der Waals surface area contributed by atoms with Crippen molar-refractivity contribution in [3.05, 3.63) is 62.5 Å². The predicted octanol–water partition coefficient (Wildman–Crippen LogP) is 3.23. The first-order chi connectivity index (χ1) is 15.7. The molecule has 0 bridgehead atoms. The molecular formula is C23H31N3O6S. The summed E-state index contributed by atoms with van der Waals surface area (Å²) < 4.78 is 10.6. The summed E-state index contributed by atoms with van der Waals surface area (Å²) >= 11 is 1.64. The lowest BCUT2D eigenvalue weighted by atomic mass is 9.80. The second-order valence-corrected chi connectivity index (χ2v) is 8.74. The van der Waals surface area contributed by atoms with E-state index in [0.717, 1.165) is 12.3 Å². The Morgan fingerprint density at radius 3 is 2.36 bits per heavy atom. The van der Waals surface area contributed by atoms with Crippen LogP contribution in [0.15, 0.2) is 46.8 Å². The molecule has 1 unspecified atom stereocenters. The minimum absolute atomic E-state index is 0.128. The highest BCUT2D eigenvalue weighted by molar-refractivity contribution is 7.99. The fourth-order valence-corrected chi connectivity index (χ4v) is 4.58. The van der Waals surface area contributed by atoms with Crippen molar-refractivity contribution >= 4 is 29.4 Å². The van der Waals surface area contributed by atoms with Crippen LogP contribution in [0.25, 0.3) is 0 Å². The summed E-state index contributed by atoms with van der Waals surface area (Å²) in [5, 5.41) is 14.6. The highest BCUT2D eigenvalue weighted by Crippen LogP contribution is 2.40. The van der Waals surface area contributed by atoms with E-state index in [1.165, 1.54) is 12.1 Å². The summed E-state index contributed by atoms with van der Waals surface area (Å²) in [5.74, 6) is -0.683. The number of ether oxygens (including phenoxy) is 2. The summed E-state index contributed by atoms with van der Waals surface area (Å²) in [6.07, 6.45) is 0. The second kappa shape index (κ2) is 12.4. The number of nitrogens with one attached hydrogen (secondary N) is 1. The summed E-state index contributed by atoms with van der Waals surface area (Å²) in [5.41, 5.74) is 2.00. The van der Waals surface area contributed by atoms with Gasteiger partial charge in [-0.05, 0) is 40.4 Å². The zero-order chi connectivity index (χ0) is 24.5. The van der Waals surface area contributed by atoms with Gasteiger partial charge in [0, 0.05) is 41.6 Å². The van der Waals surface area contributed by atoms with Crippen molar-refractivity contribution < 1.29 is 24.0 Å². The largest absolute Gasteiger partial charge is 0.463 e. The van der Waals surface area contributed by atoms with Crippen LogP contribution in [0.5, 0.6) is 0 Å². The Bertz CT molecular complexity index is 957. The van der Waals surface area contributed by atoms with E-state index < -0.39 is 22.8 Å². The number of rotatable bonds is 11. The monoisotopic (exact) mass is 477 g/mol. The average Bonchev–Trinajstić information content (AvgIpc) is 2.76. The van der Waals surface area contributed by atoms with Gasteiger partial charge in [-0.3, -0.25) is 10.1 Å². The molecule has 0 amide bonds. The smallest absolute Gasteiger partial charge is 0.336 e. The Morgan fingerprint density at radius 1 is 1.15 bits per heavy atom.